The van der Waals surface area contributed by atoms with Gasteiger partial charge in [0.15, 0.2) is 5.82 Å². The molecule has 2 N–H and O–H groups in total. The topological polar surface area (TPSA) is 103 Å². The lowest BCUT2D eigenvalue weighted by molar-refractivity contribution is -0.118. The number of aromatic nitrogens is 2. The molecule has 0 saturated carbocycles. The molecule has 10 nitrogen and oxygen atoms in total. The Bertz CT molecular complexity index is 1080. The highest BCUT2D eigenvalue weighted by Crippen LogP contribution is 2.33. The summed E-state index contributed by atoms with van der Waals surface area (Å²) in [6, 6.07) is 5.25. The minimum Gasteiger partial charge on any atom is -0.379 e. The molecule has 2 aromatic rings. The molecule has 1 aromatic carbocycles. The molecule has 0 bridgehead atoms. The highest BCUT2D eigenvalue weighted by Gasteiger charge is 2.27. The highest BCUT2D eigenvalue weighted by atomic mass is 35.5. The molecule has 0 spiro atoms. The summed E-state index contributed by atoms with van der Waals surface area (Å²) in [6.45, 7) is 9.29. The van der Waals surface area contributed by atoms with Crippen LogP contribution in [-0.4, -0.2) is 85.7 Å². The number of morpholine rings is 1. The van der Waals surface area contributed by atoms with Crippen LogP contribution >= 0.6 is 11.6 Å². The van der Waals surface area contributed by atoms with Gasteiger partial charge in [-0.1, -0.05) is 11.6 Å². The average Bonchev–Trinajstić information content (AvgIpc) is 2.97. The predicted molar refractivity (Wildman–Crippen MR) is 137 cm³/mol. The van der Waals surface area contributed by atoms with E-state index in [4.69, 9.17) is 21.3 Å². The van der Waals surface area contributed by atoms with Crippen molar-refractivity contribution in [3.63, 3.8) is 0 Å². The predicted octanol–water partition coefficient (Wildman–Crippen LogP) is 2.52. The molecule has 188 valence electrons. The number of nitrogens with zero attached hydrogens (tertiary/aromatic N) is 5. The summed E-state index contributed by atoms with van der Waals surface area (Å²) in [4.78, 5) is 40.0. The van der Waals surface area contributed by atoms with Gasteiger partial charge in [-0.05, 0) is 32.0 Å². The zero-order valence-corrected chi connectivity index (χ0v) is 21.1. The van der Waals surface area contributed by atoms with Crippen LogP contribution in [0.25, 0.3) is 0 Å². The molecule has 1 saturated heterocycles. The third-order valence-corrected chi connectivity index (χ3v) is 6.56. The van der Waals surface area contributed by atoms with Gasteiger partial charge in [-0.3, -0.25) is 14.5 Å². The zero-order chi connectivity index (χ0) is 24.9. The maximum absolute atomic E-state index is 12.6. The minimum absolute atomic E-state index is 0.0283. The van der Waals surface area contributed by atoms with Gasteiger partial charge in [0.1, 0.15) is 5.69 Å². The summed E-state index contributed by atoms with van der Waals surface area (Å²) in [6.07, 6.45) is 2.06. The molecule has 0 atom stereocenters. The molecule has 0 unspecified atom stereocenters. The standard InChI is InChI=1S/C24H32ClN7O3/c1-16(2)32-8-6-21(33)30(3)20-15-27-24(29-22(20)32)28-19-5-4-17(14-18(19)25)23(34)26-7-9-31-10-12-35-13-11-31/h4-5,14-16H,6-13H2,1-3H3,(H,26,34)(H,27,28,29). The SMILES string of the molecule is CC(C)N1CCC(=O)N(C)c2cnc(Nc3ccc(C(=O)NCCN4CCOCC4)cc3Cl)nc21. The van der Waals surface area contributed by atoms with Gasteiger partial charge >= 0.3 is 0 Å². The van der Waals surface area contributed by atoms with Crippen LogP contribution in [0.1, 0.15) is 30.6 Å². The van der Waals surface area contributed by atoms with Crippen LogP contribution in [0, 0.1) is 0 Å². The van der Waals surface area contributed by atoms with Gasteiger partial charge < -0.3 is 25.2 Å². The van der Waals surface area contributed by atoms with E-state index in [1.807, 2.05) is 0 Å². The fourth-order valence-electron chi connectivity index (χ4n) is 4.13. The number of carbonyl (C=O) groups is 2. The molecule has 35 heavy (non-hydrogen) atoms. The zero-order valence-electron chi connectivity index (χ0n) is 20.4. The van der Waals surface area contributed by atoms with Crippen molar-refractivity contribution in [3.05, 3.63) is 35.0 Å². The Morgan fingerprint density at radius 3 is 2.71 bits per heavy atom. The number of anilines is 4. The molecule has 0 aliphatic carbocycles. The first-order valence-corrected chi connectivity index (χ1v) is 12.3. The molecule has 11 heteroatoms. The number of rotatable bonds is 7. The maximum Gasteiger partial charge on any atom is 0.251 e. The molecule has 2 amide bonds. The number of ether oxygens (including phenoxy) is 1. The number of nitrogens with one attached hydrogen (secondary N) is 2. The Balaban J connectivity index is 1.44. The number of benzene rings is 1. The Morgan fingerprint density at radius 1 is 1.23 bits per heavy atom. The van der Waals surface area contributed by atoms with Crippen LogP contribution in [0.15, 0.2) is 24.4 Å². The Labute approximate surface area is 210 Å². The van der Waals surface area contributed by atoms with E-state index >= 15 is 0 Å². The van der Waals surface area contributed by atoms with Crippen molar-refractivity contribution in [2.24, 2.45) is 0 Å². The molecular formula is C24H32ClN7O3. The van der Waals surface area contributed by atoms with Crippen molar-refractivity contribution in [2.45, 2.75) is 26.3 Å². The lowest BCUT2D eigenvalue weighted by Gasteiger charge is -2.27. The Kier molecular flexibility index (Phi) is 8.04. The van der Waals surface area contributed by atoms with E-state index in [2.05, 4.69) is 39.3 Å². The molecular weight excluding hydrogens is 470 g/mol. The number of fused-ring (bicyclic) bond motifs is 1. The van der Waals surface area contributed by atoms with E-state index in [1.165, 1.54) is 0 Å². The molecule has 4 rings (SSSR count). The van der Waals surface area contributed by atoms with Crippen LogP contribution in [-0.2, 0) is 9.53 Å². The third-order valence-electron chi connectivity index (χ3n) is 6.24. The second kappa shape index (κ2) is 11.2. The maximum atomic E-state index is 12.6. The number of amides is 2. The summed E-state index contributed by atoms with van der Waals surface area (Å²) in [7, 11) is 1.74. The van der Waals surface area contributed by atoms with Crippen molar-refractivity contribution in [2.75, 3.05) is 68.1 Å². The number of halogens is 1. The third kappa shape index (κ3) is 6.01. The van der Waals surface area contributed by atoms with Crippen LogP contribution in [0.5, 0.6) is 0 Å². The lowest BCUT2D eigenvalue weighted by Crippen LogP contribution is -2.41. The van der Waals surface area contributed by atoms with Gasteiger partial charge in [-0.15, -0.1) is 0 Å². The van der Waals surface area contributed by atoms with Crippen molar-refractivity contribution < 1.29 is 14.3 Å². The summed E-state index contributed by atoms with van der Waals surface area (Å²) >= 11 is 6.49. The Hall–Kier alpha value is -2.95. The molecule has 2 aliphatic rings. The molecule has 0 radical (unpaired) electrons. The van der Waals surface area contributed by atoms with E-state index in [-0.39, 0.29) is 17.9 Å². The molecule has 1 fully saturated rings. The fourth-order valence-corrected chi connectivity index (χ4v) is 4.36. The first-order chi connectivity index (χ1) is 16.8. The van der Waals surface area contributed by atoms with Gasteiger partial charge in [0.05, 0.1) is 30.1 Å². The smallest absolute Gasteiger partial charge is 0.251 e. The number of hydrogen-bond donors (Lipinski definition) is 2. The number of carbonyl (C=O) groups excluding carboxylic acids is 2. The van der Waals surface area contributed by atoms with E-state index in [1.54, 1.807) is 36.3 Å². The van der Waals surface area contributed by atoms with Gasteiger partial charge in [-0.25, -0.2) is 4.98 Å². The highest BCUT2D eigenvalue weighted by molar-refractivity contribution is 6.33. The van der Waals surface area contributed by atoms with Gasteiger partial charge in [0, 0.05) is 57.8 Å². The van der Waals surface area contributed by atoms with Crippen molar-refractivity contribution >= 4 is 46.6 Å². The molecule has 2 aliphatic heterocycles. The van der Waals surface area contributed by atoms with E-state index in [0.29, 0.717) is 53.2 Å². The summed E-state index contributed by atoms with van der Waals surface area (Å²) in [5.74, 6) is 0.911. The van der Waals surface area contributed by atoms with Crippen molar-refractivity contribution in [1.82, 2.24) is 20.2 Å². The average molecular weight is 502 g/mol. The summed E-state index contributed by atoms with van der Waals surface area (Å²) in [5.41, 5.74) is 1.74. The van der Waals surface area contributed by atoms with Crippen LogP contribution in [0.2, 0.25) is 5.02 Å². The van der Waals surface area contributed by atoms with Gasteiger partial charge in [0.25, 0.3) is 5.91 Å². The second-order valence-corrected chi connectivity index (χ2v) is 9.33. The first kappa shape index (κ1) is 25.2. The van der Waals surface area contributed by atoms with Crippen LogP contribution in [0.3, 0.4) is 0 Å². The van der Waals surface area contributed by atoms with Gasteiger partial charge in [0.2, 0.25) is 11.9 Å². The second-order valence-electron chi connectivity index (χ2n) is 8.92. The normalized spacial score (nSPS) is 16.8. The fraction of sp³-hybridized carbons (Fsp3) is 0.500. The monoisotopic (exact) mass is 501 g/mol. The van der Waals surface area contributed by atoms with E-state index in [9.17, 15) is 9.59 Å². The lowest BCUT2D eigenvalue weighted by atomic mass is 10.2. The van der Waals surface area contributed by atoms with Gasteiger partial charge in [-0.2, -0.15) is 4.98 Å². The van der Waals surface area contributed by atoms with E-state index in [0.717, 1.165) is 32.8 Å². The quantitative estimate of drug-likeness (QED) is 0.596. The van der Waals surface area contributed by atoms with Crippen molar-refractivity contribution in [3.8, 4) is 0 Å². The largest absolute Gasteiger partial charge is 0.379 e. The first-order valence-electron chi connectivity index (χ1n) is 11.9. The van der Waals surface area contributed by atoms with Crippen LogP contribution < -0.4 is 20.4 Å². The molecule has 3 heterocycles. The summed E-state index contributed by atoms with van der Waals surface area (Å²) in [5, 5.41) is 6.48. The number of hydrogen-bond acceptors (Lipinski definition) is 8. The minimum atomic E-state index is -0.173. The summed E-state index contributed by atoms with van der Waals surface area (Å²) < 4.78 is 5.34. The van der Waals surface area contributed by atoms with E-state index < -0.39 is 0 Å². The Morgan fingerprint density at radius 2 is 2.00 bits per heavy atom. The van der Waals surface area contributed by atoms with Crippen molar-refractivity contribution in [1.29, 1.82) is 0 Å². The molecule has 1 aromatic heterocycles. The van der Waals surface area contributed by atoms with Crippen LogP contribution in [0.4, 0.5) is 23.1 Å².